The van der Waals surface area contributed by atoms with Crippen LogP contribution in [0.4, 0.5) is 5.95 Å². The lowest BCUT2D eigenvalue weighted by Crippen LogP contribution is -2.13. The molecule has 0 saturated heterocycles. The third-order valence-electron chi connectivity index (χ3n) is 2.47. The van der Waals surface area contributed by atoms with Gasteiger partial charge in [-0.3, -0.25) is 0 Å². The number of fused-ring (bicyclic) bond motifs is 1. The topological polar surface area (TPSA) is 68.2 Å². The summed E-state index contributed by atoms with van der Waals surface area (Å²) in [6.45, 7) is 0. The van der Waals surface area contributed by atoms with Crippen LogP contribution in [-0.2, 0) is 0 Å². The predicted molar refractivity (Wildman–Crippen MR) is 60.7 cm³/mol. The van der Waals surface area contributed by atoms with Crippen molar-refractivity contribution in [2.24, 2.45) is 5.73 Å². The first-order valence-corrected chi connectivity index (χ1v) is 5.56. The normalized spacial score (nSPS) is 24.4. The second kappa shape index (κ2) is 3.18. The van der Waals surface area contributed by atoms with Gasteiger partial charge < -0.3 is 11.1 Å². The highest BCUT2D eigenvalue weighted by atomic mass is 79.9. The Labute approximate surface area is 94.8 Å². The number of nitrogens with two attached hydrogens (primary N) is 1. The maximum absolute atomic E-state index is 5.70. The van der Waals surface area contributed by atoms with Gasteiger partial charge in [-0.05, 0) is 34.5 Å². The van der Waals surface area contributed by atoms with E-state index in [2.05, 4.69) is 31.3 Å². The fraction of sp³-hybridized carbons (Fsp3) is 0.333. The van der Waals surface area contributed by atoms with E-state index in [1.54, 1.807) is 4.52 Å². The highest BCUT2D eigenvalue weighted by Gasteiger charge is 2.34. The quantitative estimate of drug-likeness (QED) is 0.852. The highest BCUT2D eigenvalue weighted by Crippen LogP contribution is 2.23. The number of rotatable bonds is 2. The number of nitrogens with zero attached hydrogens (tertiary/aromatic N) is 3. The Morgan fingerprint density at radius 2 is 2.40 bits per heavy atom. The number of aromatic nitrogens is 3. The first kappa shape index (κ1) is 9.11. The molecule has 5 nitrogen and oxygen atoms in total. The molecule has 2 heterocycles. The van der Waals surface area contributed by atoms with Crippen LogP contribution in [0, 0.1) is 0 Å². The molecule has 3 rings (SSSR count). The van der Waals surface area contributed by atoms with E-state index in [1.165, 1.54) is 0 Å². The Morgan fingerprint density at radius 1 is 1.60 bits per heavy atom. The molecule has 3 N–H and O–H groups in total. The summed E-state index contributed by atoms with van der Waals surface area (Å²) in [5.41, 5.74) is 6.52. The fourth-order valence-electron chi connectivity index (χ4n) is 1.48. The molecule has 2 atom stereocenters. The van der Waals surface area contributed by atoms with Crippen molar-refractivity contribution in [3.8, 4) is 0 Å². The van der Waals surface area contributed by atoms with Gasteiger partial charge in [-0.2, -0.15) is 4.98 Å². The summed E-state index contributed by atoms with van der Waals surface area (Å²) in [5.74, 6) is 0.639. The number of nitrogens with one attached hydrogen (secondary N) is 1. The predicted octanol–water partition coefficient (Wildman–Crippen LogP) is 1.00. The van der Waals surface area contributed by atoms with Gasteiger partial charge in [0.1, 0.15) is 0 Å². The van der Waals surface area contributed by atoms with Crippen LogP contribution in [0.25, 0.3) is 5.65 Å². The molecule has 15 heavy (non-hydrogen) atoms. The third kappa shape index (κ3) is 1.59. The molecule has 78 valence electrons. The maximum Gasteiger partial charge on any atom is 0.243 e. The minimum absolute atomic E-state index is 0.250. The van der Waals surface area contributed by atoms with E-state index in [-0.39, 0.29) is 6.04 Å². The average molecular weight is 268 g/mol. The summed E-state index contributed by atoms with van der Waals surface area (Å²) in [6.07, 6.45) is 2.86. The fourth-order valence-corrected chi connectivity index (χ4v) is 1.90. The van der Waals surface area contributed by atoms with Crippen LogP contribution in [0.2, 0.25) is 0 Å². The van der Waals surface area contributed by atoms with Crippen LogP contribution in [0.3, 0.4) is 0 Å². The maximum atomic E-state index is 5.70. The van der Waals surface area contributed by atoms with Crippen molar-refractivity contribution in [1.82, 2.24) is 14.6 Å². The molecule has 0 spiro atoms. The molecular weight excluding hydrogens is 258 g/mol. The average Bonchev–Trinajstić information content (AvgIpc) is 2.75. The lowest BCUT2D eigenvalue weighted by Gasteiger charge is -1.95. The van der Waals surface area contributed by atoms with Crippen LogP contribution in [0.5, 0.6) is 0 Å². The second-order valence-electron chi connectivity index (χ2n) is 3.71. The van der Waals surface area contributed by atoms with Crippen molar-refractivity contribution in [2.75, 3.05) is 5.32 Å². The van der Waals surface area contributed by atoms with E-state index >= 15 is 0 Å². The summed E-state index contributed by atoms with van der Waals surface area (Å²) in [7, 11) is 0. The summed E-state index contributed by atoms with van der Waals surface area (Å²) in [4.78, 5) is 4.37. The molecule has 0 aliphatic heterocycles. The van der Waals surface area contributed by atoms with Gasteiger partial charge in [0.2, 0.25) is 5.95 Å². The number of hydrogen-bond acceptors (Lipinski definition) is 4. The van der Waals surface area contributed by atoms with E-state index in [0.717, 1.165) is 16.5 Å². The van der Waals surface area contributed by atoms with Crippen molar-refractivity contribution < 1.29 is 0 Å². The van der Waals surface area contributed by atoms with Gasteiger partial charge >= 0.3 is 0 Å². The Balaban J connectivity index is 1.96. The summed E-state index contributed by atoms with van der Waals surface area (Å²) in [5, 5.41) is 7.49. The van der Waals surface area contributed by atoms with Gasteiger partial charge in [-0.25, -0.2) is 4.52 Å². The number of halogens is 1. The van der Waals surface area contributed by atoms with E-state index in [1.807, 2.05) is 18.3 Å². The SMILES string of the molecule is NC1CC1Nc1nc2c(Br)cccn2n1. The van der Waals surface area contributed by atoms with E-state index in [4.69, 9.17) is 5.73 Å². The summed E-state index contributed by atoms with van der Waals surface area (Å²) in [6, 6.07) is 4.44. The molecule has 2 aromatic rings. The summed E-state index contributed by atoms with van der Waals surface area (Å²) >= 11 is 3.43. The monoisotopic (exact) mass is 267 g/mol. The van der Waals surface area contributed by atoms with Crippen LogP contribution in [0.1, 0.15) is 6.42 Å². The molecule has 1 fully saturated rings. The minimum atomic E-state index is 0.250. The van der Waals surface area contributed by atoms with Crippen LogP contribution < -0.4 is 11.1 Å². The third-order valence-corrected chi connectivity index (χ3v) is 3.09. The first-order chi connectivity index (χ1) is 7.24. The Hall–Kier alpha value is -1.14. The van der Waals surface area contributed by atoms with E-state index in [9.17, 15) is 0 Å². The van der Waals surface area contributed by atoms with Crippen molar-refractivity contribution in [3.05, 3.63) is 22.8 Å². The highest BCUT2D eigenvalue weighted by molar-refractivity contribution is 9.10. The van der Waals surface area contributed by atoms with Crippen LogP contribution >= 0.6 is 15.9 Å². The van der Waals surface area contributed by atoms with Crippen molar-refractivity contribution in [1.29, 1.82) is 0 Å². The van der Waals surface area contributed by atoms with Gasteiger partial charge in [-0.15, -0.1) is 5.10 Å². The first-order valence-electron chi connectivity index (χ1n) is 4.77. The molecule has 1 saturated carbocycles. The van der Waals surface area contributed by atoms with Gasteiger partial charge in [0.05, 0.1) is 4.47 Å². The van der Waals surface area contributed by atoms with Gasteiger partial charge in [0, 0.05) is 18.3 Å². The Bertz CT molecular complexity index is 508. The zero-order valence-corrected chi connectivity index (χ0v) is 9.48. The van der Waals surface area contributed by atoms with E-state index in [0.29, 0.717) is 12.0 Å². The molecule has 0 aromatic carbocycles. The molecule has 6 heteroatoms. The molecule has 2 aromatic heterocycles. The number of pyridine rings is 1. The second-order valence-corrected chi connectivity index (χ2v) is 4.56. The van der Waals surface area contributed by atoms with Crippen molar-refractivity contribution in [2.45, 2.75) is 18.5 Å². The molecule has 1 aliphatic rings. The molecule has 0 bridgehead atoms. The van der Waals surface area contributed by atoms with Gasteiger partial charge in [-0.1, -0.05) is 0 Å². The molecule has 1 aliphatic carbocycles. The smallest absolute Gasteiger partial charge is 0.243 e. The summed E-state index contributed by atoms with van der Waals surface area (Å²) < 4.78 is 2.67. The van der Waals surface area contributed by atoms with Crippen molar-refractivity contribution in [3.63, 3.8) is 0 Å². The van der Waals surface area contributed by atoms with Gasteiger partial charge in [0.25, 0.3) is 0 Å². The van der Waals surface area contributed by atoms with Crippen molar-refractivity contribution >= 4 is 27.5 Å². The Kier molecular flexibility index (Phi) is 1.93. The van der Waals surface area contributed by atoms with Gasteiger partial charge in [0.15, 0.2) is 5.65 Å². The lowest BCUT2D eigenvalue weighted by molar-refractivity contribution is 0.934. The Morgan fingerprint density at radius 3 is 3.07 bits per heavy atom. The standard InChI is InChI=1S/C9H10BrN5/c10-5-2-1-3-15-8(5)13-9(14-15)12-7-4-6(7)11/h1-3,6-7H,4,11H2,(H,12,14). The largest absolute Gasteiger partial charge is 0.349 e. The minimum Gasteiger partial charge on any atom is -0.349 e. The molecule has 0 radical (unpaired) electrons. The molecular formula is C9H10BrN5. The zero-order chi connectivity index (χ0) is 10.4. The number of hydrogen-bond donors (Lipinski definition) is 2. The number of anilines is 1. The zero-order valence-electron chi connectivity index (χ0n) is 7.89. The lowest BCUT2D eigenvalue weighted by atomic mass is 10.5. The molecule has 0 amide bonds. The van der Waals surface area contributed by atoms with Crippen LogP contribution in [0.15, 0.2) is 22.8 Å². The van der Waals surface area contributed by atoms with E-state index < -0.39 is 0 Å². The molecule has 2 unspecified atom stereocenters. The van der Waals surface area contributed by atoms with Crippen LogP contribution in [-0.4, -0.2) is 26.7 Å².